The lowest BCUT2D eigenvalue weighted by molar-refractivity contribution is -0.166. The SMILES string of the molecule is COc1ccnc2[nH]cc(C(=O)C(=O)N3CCN(Cc4ccc(C5(C(F)(F)F)N=N5)cc4)C[C@H]3C)c12. The molecule has 2 aliphatic heterocycles. The topological polar surface area (TPSA) is 103 Å². The van der Waals surface area contributed by atoms with E-state index in [2.05, 4.69) is 25.1 Å². The number of aromatic nitrogens is 2. The van der Waals surface area contributed by atoms with E-state index in [4.69, 9.17) is 4.74 Å². The Morgan fingerprint density at radius 1 is 1.17 bits per heavy atom. The third kappa shape index (κ3) is 4.00. The molecule has 1 fully saturated rings. The third-order valence-electron chi connectivity index (χ3n) is 6.62. The van der Waals surface area contributed by atoms with Gasteiger partial charge in [-0.3, -0.25) is 14.5 Å². The number of H-pyrrole nitrogens is 1. The second kappa shape index (κ2) is 8.70. The molecule has 1 atom stereocenters. The maximum absolute atomic E-state index is 13.2. The van der Waals surface area contributed by atoms with Crippen LogP contribution in [0.25, 0.3) is 11.0 Å². The summed E-state index contributed by atoms with van der Waals surface area (Å²) in [7, 11) is 1.48. The molecule has 1 N–H and O–H groups in total. The minimum atomic E-state index is -4.56. The minimum Gasteiger partial charge on any atom is -0.496 e. The van der Waals surface area contributed by atoms with Gasteiger partial charge in [0.1, 0.15) is 11.4 Å². The number of piperazine rings is 1. The number of fused-ring (bicyclic) bond motifs is 1. The maximum atomic E-state index is 13.2. The van der Waals surface area contributed by atoms with Crippen LogP contribution < -0.4 is 4.74 Å². The predicted octanol–water partition coefficient (Wildman–Crippen LogP) is 3.67. The number of methoxy groups -OCH3 is 1. The van der Waals surface area contributed by atoms with Crippen molar-refractivity contribution in [3.05, 3.63) is 59.4 Å². The molecular weight excluding hydrogens is 477 g/mol. The molecule has 0 spiro atoms. The zero-order valence-electron chi connectivity index (χ0n) is 19.5. The van der Waals surface area contributed by atoms with Gasteiger partial charge in [0, 0.05) is 50.2 Å². The molecule has 0 unspecified atom stereocenters. The van der Waals surface area contributed by atoms with Crippen LogP contribution >= 0.6 is 0 Å². The fourth-order valence-electron chi connectivity index (χ4n) is 4.64. The van der Waals surface area contributed by atoms with E-state index in [1.807, 2.05) is 6.92 Å². The van der Waals surface area contributed by atoms with Gasteiger partial charge in [-0.1, -0.05) is 24.3 Å². The number of alkyl halides is 3. The van der Waals surface area contributed by atoms with Crippen molar-refractivity contribution < 1.29 is 27.5 Å². The number of ketones is 1. The summed E-state index contributed by atoms with van der Waals surface area (Å²) in [6, 6.07) is 7.46. The molecule has 36 heavy (non-hydrogen) atoms. The Bertz CT molecular complexity index is 1350. The lowest BCUT2D eigenvalue weighted by atomic mass is 10.0. The number of rotatable bonds is 6. The Labute approximate surface area is 204 Å². The highest BCUT2D eigenvalue weighted by Gasteiger charge is 2.65. The van der Waals surface area contributed by atoms with Crippen LogP contribution in [-0.4, -0.2) is 70.4 Å². The predicted molar refractivity (Wildman–Crippen MR) is 122 cm³/mol. The summed E-state index contributed by atoms with van der Waals surface area (Å²) in [6.07, 6.45) is -1.54. The van der Waals surface area contributed by atoms with E-state index < -0.39 is 23.5 Å². The highest BCUT2D eigenvalue weighted by Crippen LogP contribution is 2.52. The van der Waals surface area contributed by atoms with Gasteiger partial charge in [-0.25, -0.2) is 4.98 Å². The Hall–Kier alpha value is -3.80. The number of carbonyl (C=O) groups is 2. The maximum Gasteiger partial charge on any atom is 0.442 e. The molecule has 4 heterocycles. The van der Waals surface area contributed by atoms with Gasteiger partial charge < -0.3 is 14.6 Å². The van der Waals surface area contributed by atoms with Crippen molar-refractivity contribution in [2.45, 2.75) is 31.3 Å². The van der Waals surface area contributed by atoms with E-state index in [0.29, 0.717) is 43.0 Å². The van der Waals surface area contributed by atoms with E-state index in [0.717, 1.165) is 5.56 Å². The van der Waals surface area contributed by atoms with Crippen LogP contribution in [-0.2, 0) is 17.0 Å². The number of amides is 1. The summed E-state index contributed by atoms with van der Waals surface area (Å²) in [5.41, 5.74) is -0.938. The second-order valence-electron chi connectivity index (χ2n) is 8.92. The van der Waals surface area contributed by atoms with Gasteiger partial charge in [-0.05, 0) is 18.6 Å². The number of benzene rings is 1. The molecule has 9 nitrogen and oxygen atoms in total. The van der Waals surface area contributed by atoms with E-state index in [1.54, 1.807) is 29.3 Å². The van der Waals surface area contributed by atoms with Gasteiger partial charge >= 0.3 is 11.8 Å². The number of hydrogen-bond acceptors (Lipinski definition) is 7. The zero-order chi connectivity index (χ0) is 25.7. The van der Waals surface area contributed by atoms with Crippen LogP contribution in [0.3, 0.4) is 0 Å². The molecule has 5 rings (SSSR count). The Morgan fingerprint density at radius 3 is 2.50 bits per heavy atom. The first-order chi connectivity index (χ1) is 17.1. The van der Waals surface area contributed by atoms with Crippen molar-refractivity contribution in [3.63, 3.8) is 0 Å². The Morgan fingerprint density at radius 2 is 1.89 bits per heavy atom. The lowest BCUT2D eigenvalue weighted by Gasteiger charge is -2.39. The molecule has 1 amide bonds. The van der Waals surface area contributed by atoms with Crippen LogP contribution in [0.4, 0.5) is 13.2 Å². The molecular formula is C24H23F3N6O3. The van der Waals surface area contributed by atoms with Gasteiger partial charge in [-0.2, -0.15) is 13.2 Å². The van der Waals surface area contributed by atoms with Gasteiger partial charge in [0.2, 0.25) is 0 Å². The zero-order valence-corrected chi connectivity index (χ0v) is 19.5. The first-order valence-corrected chi connectivity index (χ1v) is 11.3. The molecule has 0 radical (unpaired) electrons. The molecule has 1 aromatic carbocycles. The molecule has 0 saturated carbocycles. The van der Waals surface area contributed by atoms with E-state index in [9.17, 15) is 22.8 Å². The summed E-state index contributed by atoms with van der Waals surface area (Å²) >= 11 is 0. The molecule has 188 valence electrons. The molecule has 0 aliphatic carbocycles. The summed E-state index contributed by atoms with van der Waals surface area (Å²) < 4.78 is 44.9. The quantitative estimate of drug-likeness (QED) is 0.411. The Balaban J connectivity index is 1.23. The van der Waals surface area contributed by atoms with Crippen molar-refractivity contribution in [1.29, 1.82) is 0 Å². The number of carbonyl (C=O) groups excluding carboxylic acids is 2. The van der Waals surface area contributed by atoms with Crippen molar-refractivity contribution in [3.8, 4) is 5.75 Å². The number of hydrogen-bond donors (Lipinski definition) is 1. The highest BCUT2D eigenvalue weighted by molar-refractivity contribution is 6.45. The van der Waals surface area contributed by atoms with Crippen LogP contribution in [0, 0.1) is 0 Å². The van der Waals surface area contributed by atoms with Gasteiger partial charge in [0.05, 0.1) is 18.1 Å². The number of Topliss-reactive ketones (excluding diaryl/α,β-unsaturated/α-hetero) is 1. The molecule has 12 heteroatoms. The molecule has 3 aromatic rings. The first kappa shape index (κ1) is 23.9. The van der Waals surface area contributed by atoms with E-state index >= 15 is 0 Å². The molecule has 2 aliphatic rings. The number of aromatic amines is 1. The van der Waals surface area contributed by atoms with Crippen LogP contribution in [0.1, 0.15) is 28.4 Å². The normalized spacial score (nSPS) is 19.5. The Kier molecular flexibility index (Phi) is 5.78. The van der Waals surface area contributed by atoms with Crippen molar-refractivity contribution in [1.82, 2.24) is 19.8 Å². The van der Waals surface area contributed by atoms with Crippen molar-refractivity contribution in [2.24, 2.45) is 10.2 Å². The molecule has 1 saturated heterocycles. The fraction of sp³-hybridized carbons (Fsp3) is 0.375. The average Bonchev–Trinajstić information content (AvgIpc) is 3.57. The van der Waals surface area contributed by atoms with Crippen LogP contribution in [0.5, 0.6) is 5.75 Å². The van der Waals surface area contributed by atoms with Gasteiger partial charge in [0.25, 0.3) is 11.7 Å². The number of pyridine rings is 1. The average molecular weight is 500 g/mol. The highest BCUT2D eigenvalue weighted by atomic mass is 19.4. The molecule has 2 aromatic heterocycles. The number of halogens is 3. The third-order valence-corrected chi connectivity index (χ3v) is 6.62. The van der Waals surface area contributed by atoms with E-state index in [-0.39, 0.29) is 17.2 Å². The van der Waals surface area contributed by atoms with Crippen molar-refractivity contribution in [2.75, 3.05) is 26.7 Å². The number of nitrogens with zero attached hydrogens (tertiary/aromatic N) is 5. The fourth-order valence-corrected chi connectivity index (χ4v) is 4.64. The lowest BCUT2D eigenvalue weighted by Crippen LogP contribution is -2.55. The summed E-state index contributed by atoms with van der Waals surface area (Å²) in [5, 5.41) is 6.92. The largest absolute Gasteiger partial charge is 0.496 e. The van der Waals surface area contributed by atoms with E-state index in [1.165, 1.54) is 25.4 Å². The smallest absolute Gasteiger partial charge is 0.442 e. The van der Waals surface area contributed by atoms with Crippen LogP contribution in [0.2, 0.25) is 0 Å². The minimum absolute atomic E-state index is 0.00911. The van der Waals surface area contributed by atoms with Crippen LogP contribution in [0.15, 0.2) is 53.0 Å². The second-order valence-corrected chi connectivity index (χ2v) is 8.92. The summed E-state index contributed by atoms with van der Waals surface area (Å²) in [6.45, 7) is 3.73. The standard InChI is InChI=1S/C24H23F3N6O3/c1-14-12-32(13-15-3-5-16(6-4-15)23(30-31-23)24(25,26)27)9-10-33(14)22(35)20(34)17-11-29-21-19(17)18(36-2)7-8-28-21/h3-8,11,14H,9-10,12-13H2,1-2H3,(H,28,29)/t14-/m1/s1. The van der Waals surface area contributed by atoms with Gasteiger partial charge in [0.15, 0.2) is 0 Å². The molecule has 0 bridgehead atoms. The first-order valence-electron chi connectivity index (χ1n) is 11.3. The number of nitrogens with one attached hydrogen (secondary N) is 1. The summed E-state index contributed by atoms with van der Waals surface area (Å²) in [5.74, 6) is -0.794. The number of ether oxygens (including phenoxy) is 1. The monoisotopic (exact) mass is 500 g/mol. The summed E-state index contributed by atoms with van der Waals surface area (Å²) in [4.78, 5) is 36.9. The van der Waals surface area contributed by atoms with Gasteiger partial charge in [-0.15, -0.1) is 10.2 Å². The van der Waals surface area contributed by atoms with Crippen molar-refractivity contribution >= 4 is 22.7 Å².